The Morgan fingerprint density at radius 3 is 2.79 bits per heavy atom. The Morgan fingerprint density at radius 2 is 2.05 bits per heavy atom. The molecular weight excluding hydrogens is 254 g/mol. The normalized spacial score (nSPS) is 13.7. The summed E-state index contributed by atoms with van der Waals surface area (Å²) in [6.45, 7) is 0. The van der Waals surface area contributed by atoms with E-state index in [9.17, 15) is 0 Å². The first-order valence-electron chi connectivity index (χ1n) is 6.49. The molecule has 3 nitrogen and oxygen atoms in total. The number of hydrogen-bond donors (Lipinski definition) is 0. The average Bonchev–Trinajstić information content (AvgIpc) is 2.95. The van der Waals surface area contributed by atoms with Crippen molar-refractivity contribution in [1.29, 1.82) is 5.26 Å². The fraction of sp³-hybridized carbons (Fsp3) is 0.333. The third kappa shape index (κ3) is 2.34. The molecule has 4 heteroatoms. The summed E-state index contributed by atoms with van der Waals surface area (Å²) in [5.41, 5.74) is 4.10. The van der Waals surface area contributed by atoms with Crippen molar-refractivity contribution in [1.82, 2.24) is 4.98 Å². The Kier molecular flexibility index (Phi) is 3.22. The van der Waals surface area contributed by atoms with Crippen molar-refractivity contribution in [3.63, 3.8) is 0 Å². The van der Waals surface area contributed by atoms with Crippen LogP contribution in [0.5, 0.6) is 0 Å². The number of hydrogen-bond acceptors (Lipinski definition) is 4. The Hall–Kier alpha value is -1.86. The van der Waals surface area contributed by atoms with Gasteiger partial charge < -0.3 is 4.90 Å². The van der Waals surface area contributed by atoms with E-state index in [4.69, 9.17) is 5.26 Å². The summed E-state index contributed by atoms with van der Waals surface area (Å²) in [4.78, 5) is 7.01. The van der Waals surface area contributed by atoms with E-state index in [0.717, 1.165) is 10.8 Å². The summed E-state index contributed by atoms with van der Waals surface area (Å²) >= 11 is 1.43. The number of rotatable bonds is 2. The Morgan fingerprint density at radius 1 is 1.26 bits per heavy atom. The summed E-state index contributed by atoms with van der Waals surface area (Å²) in [5.74, 6) is 0. The molecule has 0 amide bonds. The first-order valence-corrected chi connectivity index (χ1v) is 7.31. The molecule has 0 saturated carbocycles. The van der Waals surface area contributed by atoms with Crippen molar-refractivity contribution in [2.75, 3.05) is 11.9 Å². The topological polar surface area (TPSA) is 39.9 Å². The van der Waals surface area contributed by atoms with Gasteiger partial charge in [0.1, 0.15) is 10.9 Å². The Labute approximate surface area is 117 Å². The minimum atomic E-state index is 0.653. The zero-order chi connectivity index (χ0) is 13.2. The standard InChI is InChI=1S/C15H15N3S/c1-18(15-17-10-14(9-16)19-15)13-7-6-11-4-2-3-5-12(11)8-13/h6-8,10H,2-5H2,1H3. The third-order valence-electron chi connectivity index (χ3n) is 3.61. The second kappa shape index (κ2) is 5.02. The van der Waals surface area contributed by atoms with Gasteiger partial charge in [-0.3, -0.25) is 0 Å². The smallest absolute Gasteiger partial charge is 0.190 e. The van der Waals surface area contributed by atoms with Gasteiger partial charge >= 0.3 is 0 Å². The maximum atomic E-state index is 8.86. The SMILES string of the molecule is CN(c1ccc2c(c1)CCCC2)c1ncc(C#N)s1. The summed E-state index contributed by atoms with van der Waals surface area (Å²) in [5, 5.41) is 9.73. The maximum absolute atomic E-state index is 8.86. The number of nitrogens with zero attached hydrogens (tertiary/aromatic N) is 3. The molecule has 1 aliphatic rings. The van der Waals surface area contributed by atoms with Gasteiger partial charge in [-0.1, -0.05) is 17.4 Å². The Bertz CT molecular complexity index is 639. The summed E-state index contributed by atoms with van der Waals surface area (Å²) in [7, 11) is 2.00. The van der Waals surface area contributed by atoms with Crippen molar-refractivity contribution in [2.45, 2.75) is 25.7 Å². The number of thiazole rings is 1. The van der Waals surface area contributed by atoms with Gasteiger partial charge in [0.25, 0.3) is 0 Å². The predicted molar refractivity (Wildman–Crippen MR) is 78.0 cm³/mol. The molecule has 0 unspecified atom stereocenters. The second-order valence-electron chi connectivity index (χ2n) is 4.84. The van der Waals surface area contributed by atoms with Crippen LogP contribution in [0.3, 0.4) is 0 Å². The third-order valence-corrected chi connectivity index (χ3v) is 4.59. The first-order chi connectivity index (χ1) is 9.28. The van der Waals surface area contributed by atoms with Gasteiger partial charge in [0, 0.05) is 12.7 Å². The van der Waals surface area contributed by atoms with E-state index in [1.165, 1.54) is 48.1 Å². The van der Waals surface area contributed by atoms with Crippen LogP contribution in [-0.4, -0.2) is 12.0 Å². The van der Waals surface area contributed by atoms with Gasteiger partial charge in [-0.2, -0.15) is 5.26 Å². The highest BCUT2D eigenvalue weighted by molar-refractivity contribution is 7.16. The number of anilines is 2. The van der Waals surface area contributed by atoms with Gasteiger partial charge in [-0.15, -0.1) is 0 Å². The molecule has 0 saturated heterocycles. The highest BCUT2D eigenvalue weighted by atomic mass is 32.1. The van der Waals surface area contributed by atoms with Crippen LogP contribution in [0.15, 0.2) is 24.4 Å². The van der Waals surface area contributed by atoms with Crippen LogP contribution in [0.25, 0.3) is 0 Å². The zero-order valence-corrected chi connectivity index (χ0v) is 11.7. The van der Waals surface area contributed by atoms with Gasteiger partial charge in [0.15, 0.2) is 5.13 Å². The summed E-state index contributed by atoms with van der Waals surface area (Å²) in [6.07, 6.45) is 6.61. The van der Waals surface area contributed by atoms with Crippen LogP contribution in [0.4, 0.5) is 10.8 Å². The molecule has 0 N–H and O–H groups in total. The lowest BCUT2D eigenvalue weighted by atomic mass is 9.91. The van der Waals surface area contributed by atoms with Crippen LogP contribution < -0.4 is 4.90 Å². The molecule has 0 fully saturated rings. The fourth-order valence-corrected chi connectivity index (χ4v) is 3.21. The van der Waals surface area contributed by atoms with Crippen molar-refractivity contribution in [2.24, 2.45) is 0 Å². The van der Waals surface area contributed by atoms with Crippen LogP contribution in [0.2, 0.25) is 0 Å². The van der Waals surface area contributed by atoms with Crippen molar-refractivity contribution < 1.29 is 0 Å². The van der Waals surface area contributed by atoms with Crippen molar-refractivity contribution in [3.8, 4) is 6.07 Å². The van der Waals surface area contributed by atoms with E-state index >= 15 is 0 Å². The maximum Gasteiger partial charge on any atom is 0.190 e. The van der Waals surface area contributed by atoms with E-state index in [1.807, 2.05) is 7.05 Å². The fourth-order valence-electron chi connectivity index (χ4n) is 2.51. The minimum Gasteiger partial charge on any atom is -0.321 e. The van der Waals surface area contributed by atoms with Crippen LogP contribution in [0.1, 0.15) is 28.8 Å². The van der Waals surface area contributed by atoms with E-state index in [2.05, 4.69) is 34.2 Å². The molecule has 96 valence electrons. The van der Waals surface area contributed by atoms with Gasteiger partial charge in [-0.05, 0) is 48.9 Å². The highest BCUT2D eigenvalue weighted by Gasteiger charge is 2.13. The van der Waals surface area contributed by atoms with Crippen LogP contribution in [0, 0.1) is 11.3 Å². The number of aryl methyl sites for hydroxylation is 2. The molecular formula is C15H15N3S. The molecule has 1 aromatic heterocycles. The molecule has 19 heavy (non-hydrogen) atoms. The van der Waals surface area contributed by atoms with Gasteiger partial charge in [0.2, 0.25) is 0 Å². The molecule has 0 spiro atoms. The molecule has 1 heterocycles. The largest absolute Gasteiger partial charge is 0.321 e. The number of fused-ring (bicyclic) bond motifs is 1. The van der Waals surface area contributed by atoms with Gasteiger partial charge in [-0.25, -0.2) is 4.98 Å². The zero-order valence-electron chi connectivity index (χ0n) is 10.9. The highest BCUT2D eigenvalue weighted by Crippen LogP contribution is 2.31. The molecule has 0 bridgehead atoms. The number of benzene rings is 1. The predicted octanol–water partition coefficient (Wildman–Crippen LogP) is 3.66. The first kappa shape index (κ1) is 12.2. The van der Waals surface area contributed by atoms with Crippen molar-refractivity contribution in [3.05, 3.63) is 40.4 Å². The molecule has 0 atom stereocenters. The van der Waals surface area contributed by atoms with E-state index in [1.54, 1.807) is 6.20 Å². The minimum absolute atomic E-state index is 0.653. The van der Waals surface area contributed by atoms with Gasteiger partial charge in [0.05, 0.1) is 6.20 Å². The summed E-state index contributed by atoms with van der Waals surface area (Å²) in [6, 6.07) is 8.78. The lowest BCUT2D eigenvalue weighted by molar-refractivity contribution is 0.685. The summed E-state index contributed by atoms with van der Waals surface area (Å²) < 4.78 is 0. The lowest BCUT2D eigenvalue weighted by Crippen LogP contribution is -2.11. The van der Waals surface area contributed by atoms with Crippen molar-refractivity contribution >= 4 is 22.2 Å². The van der Waals surface area contributed by atoms with E-state index in [-0.39, 0.29) is 0 Å². The molecule has 3 rings (SSSR count). The second-order valence-corrected chi connectivity index (χ2v) is 5.85. The molecule has 1 aliphatic carbocycles. The number of nitriles is 1. The Balaban J connectivity index is 1.91. The van der Waals surface area contributed by atoms with E-state index < -0.39 is 0 Å². The number of aromatic nitrogens is 1. The molecule has 2 aromatic rings. The van der Waals surface area contributed by atoms with Crippen LogP contribution >= 0.6 is 11.3 Å². The molecule has 0 radical (unpaired) electrons. The van der Waals surface area contributed by atoms with Crippen LogP contribution in [-0.2, 0) is 12.8 Å². The van der Waals surface area contributed by atoms with E-state index in [0.29, 0.717) is 4.88 Å². The quantitative estimate of drug-likeness (QED) is 0.835. The average molecular weight is 269 g/mol. The molecule has 0 aliphatic heterocycles. The lowest BCUT2D eigenvalue weighted by Gasteiger charge is -2.21. The molecule has 1 aromatic carbocycles. The monoisotopic (exact) mass is 269 g/mol.